The van der Waals surface area contributed by atoms with Gasteiger partial charge in [-0.2, -0.15) is 26.3 Å². The molecule has 0 aliphatic carbocycles. The molecule has 2 unspecified atom stereocenters. The van der Waals surface area contributed by atoms with Crippen molar-refractivity contribution in [1.29, 1.82) is 0 Å². The summed E-state index contributed by atoms with van der Waals surface area (Å²) in [7, 11) is 0. The Balaban J connectivity index is -0.000000128. The van der Waals surface area contributed by atoms with E-state index in [0.717, 1.165) is 0 Å². The average Bonchev–Trinajstić information content (AvgIpc) is 2.51. The summed E-state index contributed by atoms with van der Waals surface area (Å²) in [5.41, 5.74) is 0. The summed E-state index contributed by atoms with van der Waals surface area (Å²) in [5, 5.41) is 36.4. The van der Waals surface area contributed by atoms with Crippen molar-refractivity contribution < 1.29 is 87.7 Å². The fraction of sp³-hybridized carbons (Fsp3) is 0.800. The Morgan fingerprint density at radius 2 is 0.829 bits per heavy atom. The van der Waals surface area contributed by atoms with E-state index in [1.54, 1.807) is 27.7 Å². The van der Waals surface area contributed by atoms with Gasteiger partial charge in [-0.1, -0.05) is 13.8 Å². The Morgan fingerprint density at radius 1 is 0.657 bits per heavy atom. The second-order valence-electron chi connectivity index (χ2n) is 7.26. The first-order valence-electron chi connectivity index (χ1n) is 9.98. The number of hydrogen-bond acceptors (Lipinski definition) is 8. The van der Waals surface area contributed by atoms with Gasteiger partial charge in [0.05, 0.1) is 23.8 Å². The maximum absolute atomic E-state index is 11.6. The number of aliphatic hydroxyl groups is 2. The average molecular weight is 562 g/mol. The molecule has 8 nitrogen and oxygen atoms in total. The van der Waals surface area contributed by atoms with Crippen LogP contribution < -0.4 is 10.2 Å². The van der Waals surface area contributed by atoms with Crippen molar-refractivity contribution in [3.05, 3.63) is 0 Å². The molecule has 0 amide bonds. The topological polar surface area (TPSA) is 155 Å². The predicted octanol–water partition coefficient (Wildman–Crippen LogP) is 1.34. The van der Waals surface area contributed by atoms with Gasteiger partial charge in [0.25, 0.3) is 0 Å². The molecule has 0 aliphatic rings. The van der Waals surface area contributed by atoms with Gasteiger partial charge in [0.15, 0.2) is 11.6 Å². The summed E-state index contributed by atoms with van der Waals surface area (Å²) in [6.45, 7) is 9.52. The Labute approximate surface area is 215 Å². The monoisotopic (exact) mass is 562 g/mol. The number of carboxylic acids is 2. The number of Topliss-reactive ketones (excluding diaryl/α,β-unsaturated/α-hetero) is 2. The molecule has 0 fully saturated rings. The van der Waals surface area contributed by atoms with Gasteiger partial charge in [0, 0.05) is 12.2 Å². The van der Waals surface area contributed by atoms with Gasteiger partial charge < -0.3 is 30.0 Å². The van der Waals surface area contributed by atoms with Crippen molar-refractivity contribution in [1.82, 2.24) is 0 Å². The van der Waals surface area contributed by atoms with E-state index in [9.17, 15) is 55.7 Å². The second-order valence-corrected chi connectivity index (χ2v) is 7.26. The number of halogens is 6. The minimum absolute atomic E-state index is 0. The Kier molecular flexibility index (Phi) is 27.1. The van der Waals surface area contributed by atoms with Crippen molar-refractivity contribution in [3.63, 3.8) is 0 Å². The fourth-order valence-electron chi connectivity index (χ4n) is 1.69. The van der Waals surface area contributed by atoms with Crippen LogP contribution in [-0.2, 0) is 40.9 Å². The molecule has 0 aromatic carbocycles. The van der Waals surface area contributed by atoms with Crippen molar-refractivity contribution in [2.24, 2.45) is 11.8 Å². The summed E-state index contributed by atoms with van der Waals surface area (Å²) >= 11 is 0. The molecule has 0 bridgehead atoms. The molecule has 2 atom stereocenters. The molecule has 0 heterocycles. The largest absolute Gasteiger partial charge is 2.00 e. The molecule has 0 rings (SSSR count). The SMILES string of the molecule is CC(C)O.CC(C)O.CCC(C(=O)[O-])C(=O)CC(F)(F)F.CCC(C(=O)[O-])C(=O)CC(F)(F)F.[Ti+2]. The van der Waals surface area contributed by atoms with Gasteiger partial charge in [-0.15, -0.1) is 0 Å². The molecule has 0 saturated heterocycles. The van der Waals surface area contributed by atoms with E-state index in [-0.39, 0.29) is 46.8 Å². The van der Waals surface area contributed by atoms with Crippen LogP contribution in [0.25, 0.3) is 0 Å². The van der Waals surface area contributed by atoms with Gasteiger partial charge in [-0.25, -0.2) is 0 Å². The molecule has 0 spiro atoms. The summed E-state index contributed by atoms with van der Waals surface area (Å²) in [4.78, 5) is 41.7. The molecule has 0 radical (unpaired) electrons. The summed E-state index contributed by atoms with van der Waals surface area (Å²) in [6.07, 6.45) is -13.4. The minimum Gasteiger partial charge on any atom is -0.549 e. The first-order valence-corrected chi connectivity index (χ1v) is 9.98. The van der Waals surface area contributed by atoms with E-state index in [1.165, 1.54) is 13.8 Å². The molecular formula is C20H32F6O8Ti. The van der Waals surface area contributed by atoms with Crippen LogP contribution in [0.5, 0.6) is 0 Å². The quantitative estimate of drug-likeness (QED) is 0.255. The molecule has 2 N–H and O–H groups in total. The number of hydrogen-bond donors (Lipinski definition) is 2. The zero-order valence-corrected chi connectivity index (χ0v) is 21.8. The predicted molar refractivity (Wildman–Crippen MR) is 104 cm³/mol. The molecule has 0 saturated carbocycles. The third-order valence-corrected chi connectivity index (χ3v) is 2.91. The standard InChI is InChI=1S/2C7H9F3O3.2C3H8O.Ti/c2*1-2-4(6(12)13)5(11)3-7(8,9)10;2*1-3(2)4;/h2*4H,2-3H2,1H3,(H,12,13);2*3-4H,1-2H3;/q;;;;+2/p-2. The summed E-state index contributed by atoms with van der Waals surface area (Å²) in [6, 6.07) is 0. The number of aliphatic carboxylic acids is 2. The minimum atomic E-state index is -4.65. The van der Waals surface area contributed by atoms with Crippen molar-refractivity contribution in [2.75, 3.05) is 0 Å². The van der Waals surface area contributed by atoms with Crippen molar-refractivity contribution in [2.45, 2.75) is 91.8 Å². The Hall–Kier alpha value is -1.51. The maximum atomic E-state index is 11.6. The van der Waals surface area contributed by atoms with Crippen LogP contribution in [-0.4, -0.2) is 58.3 Å². The van der Waals surface area contributed by atoms with Crippen LogP contribution in [0.15, 0.2) is 0 Å². The number of rotatable bonds is 8. The van der Waals surface area contributed by atoms with Crippen LogP contribution in [0.1, 0.15) is 67.2 Å². The smallest absolute Gasteiger partial charge is 0.549 e. The van der Waals surface area contributed by atoms with E-state index in [1.807, 2.05) is 0 Å². The zero-order chi connectivity index (χ0) is 28.4. The van der Waals surface area contributed by atoms with Gasteiger partial charge in [-0.05, 0) is 40.5 Å². The number of alkyl halides is 6. The maximum Gasteiger partial charge on any atom is 2.00 e. The van der Waals surface area contributed by atoms with Crippen LogP contribution in [0.4, 0.5) is 26.3 Å². The van der Waals surface area contributed by atoms with Gasteiger partial charge >= 0.3 is 34.1 Å². The van der Waals surface area contributed by atoms with Crippen LogP contribution >= 0.6 is 0 Å². The van der Waals surface area contributed by atoms with Gasteiger partial charge in [0.2, 0.25) is 0 Å². The number of ketones is 2. The van der Waals surface area contributed by atoms with Gasteiger partial charge in [0.1, 0.15) is 12.8 Å². The number of aliphatic hydroxyl groups excluding tert-OH is 2. The van der Waals surface area contributed by atoms with Crippen LogP contribution in [0.2, 0.25) is 0 Å². The Morgan fingerprint density at radius 3 is 0.914 bits per heavy atom. The van der Waals surface area contributed by atoms with Crippen LogP contribution in [0.3, 0.4) is 0 Å². The third-order valence-electron chi connectivity index (χ3n) is 2.91. The first kappa shape index (κ1) is 43.6. The number of carboxylic acid groups (broad SMARTS) is 2. The molecule has 0 aliphatic heterocycles. The summed E-state index contributed by atoms with van der Waals surface area (Å²) in [5.74, 6) is -9.51. The van der Waals surface area contributed by atoms with E-state index in [4.69, 9.17) is 10.2 Å². The number of carbonyl (C=O) groups excluding carboxylic acids is 4. The summed E-state index contributed by atoms with van der Waals surface area (Å²) < 4.78 is 69.8. The molecule has 15 heteroatoms. The molecule has 206 valence electrons. The van der Waals surface area contributed by atoms with E-state index in [0.29, 0.717) is 0 Å². The number of carbonyl (C=O) groups is 4. The normalized spacial score (nSPS) is 12.3. The fourth-order valence-corrected chi connectivity index (χ4v) is 1.69. The first-order chi connectivity index (χ1) is 15.0. The van der Waals surface area contributed by atoms with Gasteiger partial charge in [-0.3, -0.25) is 9.59 Å². The zero-order valence-electron chi connectivity index (χ0n) is 20.2. The molecule has 0 aromatic heterocycles. The van der Waals surface area contributed by atoms with E-state index in [2.05, 4.69) is 0 Å². The molecular weight excluding hydrogens is 530 g/mol. The Bertz CT molecular complexity index is 550. The second kappa shape index (κ2) is 21.8. The van der Waals surface area contributed by atoms with E-state index >= 15 is 0 Å². The van der Waals surface area contributed by atoms with Crippen molar-refractivity contribution >= 4 is 23.5 Å². The van der Waals surface area contributed by atoms with Crippen LogP contribution in [0, 0.1) is 11.8 Å². The molecule has 35 heavy (non-hydrogen) atoms. The van der Waals surface area contributed by atoms with E-state index < -0.39 is 60.5 Å². The molecule has 0 aromatic rings. The van der Waals surface area contributed by atoms with Crippen molar-refractivity contribution in [3.8, 4) is 0 Å². The third kappa shape index (κ3) is 37.2.